The highest BCUT2D eigenvalue weighted by molar-refractivity contribution is 5.70. The summed E-state index contributed by atoms with van der Waals surface area (Å²) in [6, 6.07) is 9.38. The summed E-state index contributed by atoms with van der Waals surface area (Å²) < 4.78 is 10.6. The molecule has 27 heavy (non-hydrogen) atoms. The Hall–Kier alpha value is -2.28. The van der Waals surface area contributed by atoms with Crippen molar-refractivity contribution in [3.05, 3.63) is 35.9 Å². The summed E-state index contributed by atoms with van der Waals surface area (Å²) in [5, 5.41) is 10.1. The van der Waals surface area contributed by atoms with Crippen molar-refractivity contribution in [3.8, 4) is 0 Å². The lowest BCUT2D eigenvalue weighted by molar-refractivity contribution is 0.0186. The molecule has 152 valence electrons. The third-order valence-corrected chi connectivity index (χ3v) is 3.62. The Bertz CT molecular complexity index is 586. The van der Waals surface area contributed by atoms with Gasteiger partial charge < -0.3 is 24.4 Å². The fourth-order valence-corrected chi connectivity index (χ4v) is 2.46. The molecule has 1 fully saturated rings. The molecule has 0 aromatic heterocycles. The highest BCUT2D eigenvalue weighted by Crippen LogP contribution is 2.13. The Labute approximate surface area is 161 Å². The average Bonchev–Trinajstić information content (AvgIpc) is 2.83. The van der Waals surface area contributed by atoms with Crippen molar-refractivity contribution in [2.24, 2.45) is 0 Å². The van der Waals surface area contributed by atoms with E-state index in [0.29, 0.717) is 0 Å². The zero-order valence-electron chi connectivity index (χ0n) is 17.0. The standard InChI is InChI=1S/C18H26N2O5.C2H6/c1-18(2,3)25-17(23)20-10-9-19(11-15(21)12-20)16(22)24-13-14-7-5-4-6-8-14;1-2/h4-8,15,21H,9-13H2,1-3H3;1-2H3. The van der Waals surface area contributed by atoms with Crippen molar-refractivity contribution in [1.82, 2.24) is 9.80 Å². The van der Waals surface area contributed by atoms with Crippen LogP contribution in [0.4, 0.5) is 9.59 Å². The largest absolute Gasteiger partial charge is 0.445 e. The highest BCUT2D eigenvalue weighted by atomic mass is 16.6. The Balaban J connectivity index is 0.00000176. The number of β-amino-alcohol motifs (C(OH)–C–C–N with tert-alkyl or cyclic N) is 1. The third-order valence-electron chi connectivity index (χ3n) is 3.62. The number of carbonyl (C=O) groups is 2. The molecule has 7 heteroatoms. The fraction of sp³-hybridized carbons (Fsp3) is 0.600. The van der Waals surface area contributed by atoms with Crippen LogP contribution in [0.25, 0.3) is 0 Å². The van der Waals surface area contributed by atoms with Crippen molar-refractivity contribution in [2.75, 3.05) is 26.2 Å². The van der Waals surface area contributed by atoms with Gasteiger partial charge in [-0.1, -0.05) is 44.2 Å². The van der Waals surface area contributed by atoms with Crippen molar-refractivity contribution in [2.45, 2.75) is 52.9 Å². The maximum atomic E-state index is 12.2. The van der Waals surface area contributed by atoms with E-state index in [1.807, 2.05) is 44.2 Å². The molecule has 1 aromatic carbocycles. The summed E-state index contributed by atoms with van der Waals surface area (Å²) in [5.41, 5.74) is 0.282. The SMILES string of the molecule is CC.CC(C)(C)OC(=O)N1CCN(C(=O)OCc2ccccc2)CC(O)C1. The molecule has 1 N–H and O–H groups in total. The van der Waals surface area contributed by atoms with E-state index in [2.05, 4.69) is 0 Å². The molecule has 0 aliphatic carbocycles. The Morgan fingerprint density at radius 3 is 2.07 bits per heavy atom. The topological polar surface area (TPSA) is 79.3 Å². The summed E-state index contributed by atoms with van der Waals surface area (Å²) in [4.78, 5) is 27.2. The van der Waals surface area contributed by atoms with Crippen molar-refractivity contribution < 1.29 is 24.2 Å². The molecule has 0 saturated carbocycles. The molecule has 0 radical (unpaired) electrons. The van der Waals surface area contributed by atoms with Crippen molar-refractivity contribution in [1.29, 1.82) is 0 Å². The summed E-state index contributed by atoms with van der Waals surface area (Å²) in [6.07, 6.45) is -1.85. The van der Waals surface area contributed by atoms with Gasteiger partial charge in [-0.3, -0.25) is 0 Å². The number of aliphatic hydroxyl groups excluding tert-OH is 1. The Morgan fingerprint density at radius 1 is 1.04 bits per heavy atom. The molecule has 1 aromatic rings. The first kappa shape index (κ1) is 22.8. The van der Waals surface area contributed by atoms with Gasteiger partial charge in [0.2, 0.25) is 0 Å². The van der Waals surface area contributed by atoms with Crippen molar-refractivity contribution in [3.63, 3.8) is 0 Å². The lowest BCUT2D eigenvalue weighted by atomic mass is 10.2. The Morgan fingerprint density at radius 2 is 1.56 bits per heavy atom. The molecule has 1 aliphatic rings. The minimum Gasteiger partial charge on any atom is -0.445 e. The molecule has 2 rings (SSSR count). The number of aliphatic hydroxyl groups is 1. The molecule has 1 aliphatic heterocycles. The second-order valence-corrected chi connectivity index (χ2v) is 7.07. The van der Waals surface area contributed by atoms with E-state index in [9.17, 15) is 14.7 Å². The van der Waals surface area contributed by atoms with Gasteiger partial charge in [-0.25, -0.2) is 9.59 Å². The van der Waals surface area contributed by atoms with E-state index in [1.54, 1.807) is 20.8 Å². The van der Waals surface area contributed by atoms with E-state index >= 15 is 0 Å². The minimum atomic E-state index is -0.848. The van der Waals surface area contributed by atoms with E-state index in [4.69, 9.17) is 9.47 Å². The second kappa shape index (κ2) is 10.8. The van der Waals surface area contributed by atoms with Gasteiger partial charge in [-0.05, 0) is 26.3 Å². The first-order chi connectivity index (χ1) is 12.7. The van der Waals surface area contributed by atoms with Crippen LogP contribution >= 0.6 is 0 Å². The average molecular weight is 380 g/mol. The third kappa shape index (κ3) is 8.30. The predicted octanol–water partition coefficient (Wildman–Crippen LogP) is 3.26. The first-order valence-corrected chi connectivity index (χ1v) is 9.36. The molecule has 1 heterocycles. The maximum absolute atomic E-state index is 12.2. The first-order valence-electron chi connectivity index (χ1n) is 9.36. The minimum absolute atomic E-state index is 0.118. The number of ether oxygens (including phenoxy) is 2. The molecule has 1 saturated heterocycles. The van der Waals surface area contributed by atoms with Crippen LogP contribution in [0.15, 0.2) is 30.3 Å². The van der Waals surface area contributed by atoms with Crippen LogP contribution in [0.1, 0.15) is 40.2 Å². The summed E-state index contributed by atoms with van der Waals surface area (Å²) in [5.74, 6) is 0. The van der Waals surface area contributed by atoms with Crippen LogP contribution < -0.4 is 0 Å². The normalized spacial score (nSPS) is 17.3. The second-order valence-electron chi connectivity index (χ2n) is 7.07. The highest BCUT2D eigenvalue weighted by Gasteiger charge is 2.30. The van der Waals surface area contributed by atoms with E-state index < -0.39 is 23.9 Å². The van der Waals surface area contributed by atoms with Gasteiger partial charge in [0.05, 0.1) is 19.2 Å². The summed E-state index contributed by atoms with van der Waals surface area (Å²) in [6.45, 7) is 10.3. The van der Waals surface area contributed by atoms with E-state index in [1.165, 1.54) is 9.80 Å². The molecular formula is C20H32N2O5. The zero-order valence-corrected chi connectivity index (χ0v) is 17.0. The van der Waals surface area contributed by atoms with Crippen molar-refractivity contribution >= 4 is 12.2 Å². The van der Waals surface area contributed by atoms with Crippen LogP contribution in [0.5, 0.6) is 0 Å². The van der Waals surface area contributed by atoms with Crippen LogP contribution in [-0.4, -0.2) is 65.0 Å². The van der Waals surface area contributed by atoms with Gasteiger partial charge >= 0.3 is 12.2 Å². The summed E-state index contributed by atoms with van der Waals surface area (Å²) in [7, 11) is 0. The van der Waals surface area contributed by atoms with Gasteiger partial charge in [0.15, 0.2) is 0 Å². The molecule has 2 amide bonds. The predicted molar refractivity (Wildman–Crippen MR) is 103 cm³/mol. The monoisotopic (exact) mass is 380 g/mol. The van der Waals surface area contributed by atoms with Gasteiger partial charge in [0.1, 0.15) is 12.2 Å². The molecule has 1 unspecified atom stereocenters. The lowest BCUT2D eigenvalue weighted by Crippen LogP contribution is -2.41. The lowest BCUT2D eigenvalue weighted by Gasteiger charge is -2.26. The molecule has 0 spiro atoms. The van der Waals surface area contributed by atoms with Gasteiger partial charge in [-0.15, -0.1) is 0 Å². The fourth-order valence-electron chi connectivity index (χ4n) is 2.46. The van der Waals surface area contributed by atoms with Gasteiger partial charge in [0, 0.05) is 13.1 Å². The quantitative estimate of drug-likeness (QED) is 0.852. The van der Waals surface area contributed by atoms with Crippen LogP contribution in [0, 0.1) is 0 Å². The van der Waals surface area contributed by atoms with Gasteiger partial charge in [-0.2, -0.15) is 0 Å². The number of carbonyl (C=O) groups excluding carboxylic acids is 2. The zero-order chi connectivity index (χ0) is 20.4. The van der Waals surface area contributed by atoms with Crippen LogP contribution in [0.3, 0.4) is 0 Å². The maximum Gasteiger partial charge on any atom is 0.410 e. The molecule has 1 atom stereocenters. The smallest absolute Gasteiger partial charge is 0.410 e. The number of benzene rings is 1. The number of amides is 2. The van der Waals surface area contributed by atoms with Crippen LogP contribution in [0.2, 0.25) is 0 Å². The molecule has 0 bridgehead atoms. The van der Waals surface area contributed by atoms with E-state index in [-0.39, 0.29) is 32.8 Å². The number of hydrogen-bond donors (Lipinski definition) is 1. The molecular weight excluding hydrogens is 348 g/mol. The van der Waals surface area contributed by atoms with Gasteiger partial charge in [0.25, 0.3) is 0 Å². The summed E-state index contributed by atoms with van der Waals surface area (Å²) >= 11 is 0. The Kier molecular flexibility index (Phi) is 9.08. The van der Waals surface area contributed by atoms with E-state index in [0.717, 1.165) is 5.56 Å². The number of hydrogen-bond acceptors (Lipinski definition) is 5. The van der Waals surface area contributed by atoms with Crippen LogP contribution in [-0.2, 0) is 16.1 Å². The number of rotatable bonds is 2. The number of nitrogens with zero attached hydrogens (tertiary/aromatic N) is 2. The molecule has 7 nitrogen and oxygen atoms in total.